The van der Waals surface area contributed by atoms with E-state index in [9.17, 15) is 18.3 Å². The van der Waals surface area contributed by atoms with Crippen molar-refractivity contribution >= 4 is 0 Å². The highest BCUT2D eigenvalue weighted by molar-refractivity contribution is 5.49. The Kier molecular flexibility index (Phi) is 6.71. The number of hydrogen-bond donors (Lipinski definition) is 1. The first-order valence-corrected chi connectivity index (χ1v) is 12.0. The van der Waals surface area contributed by atoms with Crippen molar-refractivity contribution in [2.45, 2.75) is 37.1 Å². The molecule has 1 fully saturated rings. The SMILES string of the molecule is OC1Oc2ccccc2C(c2ccc(OCCN3CCCC3)cc2)C1c1ccc(C(F)(F)F)cc1. The predicted molar refractivity (Wildman–Crippen MR) is 127 cm³/mol. The van der Waals surface area contributed by atoms with Crippen molar-refractivity contribution in [3.63, 3.8) is 0 Å². The molecule has 3 atom stereocenters. The third kappa shape index (κ3) is 5.16. The summed E-state index contributed by atoms with van der Waals surface area (Å²) in [6.45, 7) is 3.77. The van der Waals surface area contributed by atoms with Crippen molar-refractivity contribution in [1.29, 1.82) is 0 Å². The first-order valence-electron chi connectivity index (χ1n) is 12.0. The smallest absolute Gasteiger partial charge is 0.416 e. The van der Waals surface area contributed by atoms with Gasteiger partial charge in [-0.3, -0.25) is 4.90 Å². The second-order valence-corrected chi connectivity index (χ2v) is 9.14. The van der Waals surface area contributed by atoms with E-state index in [2.05, 4.69) is 4.90 Å². The molecule has 0 aliphatic carbocycles. The third-order valence-electron chi connectivity index (χ3n) is 6.91. The summed E-state index contributed by atoms with van der Waals surface area (Å²) < 4.78 is 51.0. The summed E-state index contributed by atoms with van der Waals surface area (Å²) in [4.78, 5) is 2.39. The Morgan fingerprint density at radius 1 is 0.886 bits per heavy atom. The van der Waals surface area contributed by atoms with Crippen LogP contribution in [0.5, 0.6) is 11.5 Å². The van der Waals surface area contributed by atoms with E-state index in [1.807, 2.05) is 42.5 Å². The molecule has 5 rings (SSSR count). The zero-order valence-electron chi connectivity index (χ0n) is 19.2. The molecule has 1 N–H and O–H groups in total. The summed E-state index contributed by atoms with van der Waals surface area (Å²) in [5.74, 6) is 0.457. The van der Waals surface area contributed by atoms with Crippen molar-refractivity contribution in [2.75, 3.05) is 26.2 Å². The molecule has 0 aromatic heterocycles. The summed E-state index contributed by atoms with van der Waals surface area (Å²) in [6, 6.07) is 20.2. The second-order valence-electron chi connectivity index (χ2n) is 9.14. The minimum atomic E-state index is -4.42. The van der Waals surface area contributed by atoms with Crippen molar-refractivity contribution in [3.05, 3.63) is 95.1 Å². The highest BCUT2D eigenvalue weighted by Gasteiger charge is 2.40. The molecule has 7 heteroatoms. The zero-order chi connectivity index (χ0) is 24.4. The molecule has 2 heterocycles. The number of hydrogen-bond acceptors (Lipinski definition) is 4. The van der Waals surface area contributed by atoms with E-state index in [4.69, 9.17) is 9.47 Å². The first-order chi connectivity index (χ1) is 16.9. The van der Waals surface area contributed by atoms with Gasteiger partial charge in [0, 0.05) is 18.0 Å². The van der Waals surface area contributed by atoms with Gasteiger partial charge in [-0.2, -0.15) is 13.2 Å². The fraction of sp³-hybridized carbons (Fsp3) is 0.357. The van der Waals surface area contributed by atoms with Crippen molar-refractivity contribution in [2.24, 2.45) is 0 Å². The Balaban J connectivity index is 1.41. The third-order valence-corrected chi connectivity index (χ3v) is 6.91. The number of rotatable bonds is 6. The van der Waals surface area contributed by atoms with Gasteiger partial charge in [-0.25, -0.2) is 0 Å². The maximum absolute atomic E-state index is 13.1. The molecule has 0 spiro atoms. The number of nitrogens with zero attached hydrogens (tertiary/aromatic N) is 1. The molecule has 0 saturated carbocycles. The van der Waals surface area contributed by atoms with Crippen LogP contribution in [0.15, 0.2) is 72.8 Å². The number of aliphatic hydroxyl groups is 1. The van der Waals surface area contributed by atoms with Crippen molar-refractivity contribution < 1.29 is 27.8 Å². The lowest BCUT2D eigenvalue weighted by Gasteiger charge is -2.38. The summed E-state index contributed by atoms with van der Waals surface area (Å²) in [5.41, 5.74) is 1.66. The molecule has 3 aromatic carbocycles. The molecule has 2 aliphatic heterocycles. The van der Waals surface area contributed by atoms with Gasteiger partial charge in [0.25, 0.3) is 0 Å². The van der Waals surface area contributed by atoms with Gasteiger partial charge in [-0.15, -0.1) is 0 Å². The molecule has 0 amide bonds. The monoisotopic (exact) mass is 483 g/mol. The Hall–Kier alpha value is -3.03. The van der Waals surface area contributed by atoms with Gasteiger partial charge in [-0.05, 0) is 67.4 Å². The van der Waals surface area contributed by atoms with Crippen LogP contribution in [-0.2, 0) is 6.18 Å². The molecule has 3 aromatic rings. The predicted octanol–water partition coefficient (Wildman–Crippen LogP) is 5.81. The molecular weight excluding hydrogens is 455 g/mol. The first kappa shape index (κ1) is 23.7. The number of alkyl halides is 3. The van der Waals surface area contributed by atoms with Crippen LogP contribution in [0.2, 0.25) is 0 Å². The van der Waals surface area contributed by atoms with Crippen LogP contribution in [-0.4, -0.2) is 42.5 Å². The minimum absolute atomic E-state index is 0.301. The Morgan fingerprint density at radius 2 is 1.54 bits per heavy atom. The Labute approximate surface area is 202 Å². The van der Waals surface area contributed by atoms with Crippen LogP contribution in [0.1, 0.15) is 46.9 Å². The summed E-state index contributed by atoms with van der Waals surface area (Å²) in [5, 5.41) is 10.9. The molecule has 0 bridgehead atoms. The molecule has 1 saturated heterocycles. The van der Waals surface area contributed by atoms with E-state index in [0.717, 1.165) is 48.6 Å². The van der Waals surface area contributed by atoms with Gasteiger partial charge < -0.3 is 14.6 Å². The number of aliphatic hydroxyl groups excluding tert-OH is 1. The van der Waals surface area contributed by atoms with E-state index >= 15 is 0 Å². The number of fused-ring (bicyclic) bond motifs is 1. The maximum atomic E-state index is 13.1. The van der Waals surface area contributed by atoms with Crippen LogP contribution in [0.25, 0.3) is 0 Å². The van der Waals surface area contributed by atoms with Crippen molar-refractivity contribution in [1.82, 2.24) is 4.90 Å². The lowest BCUT2D eigenvalue weighted by Crippen LogP contribution is -2.34. The summed E-state index contributed by atoms with van der Waals surface area (Å²) >= 11 is 0. The summed E-state index contributed by atoms with van der Waals surface area (Å²) in [6.07, 6.45) is -3.14. The van der Waals surface area contributed by atoms with E-state index in [-0.39, 0.29) is 5.92 Å². The standard InChI is InChI=1S/C28H28F3NO3/c29-28(30,31)21-11-7-20(8-12-21)26-25(23-5-1-2-6-24(23)35-27(26)33)19-9-13-22(14-10-19)34-18-17-32-15-3-4-16-32/h1-2,5-14,25-27,33H,3-4,15-18H2. The molecule has 0 radical (unpaired) electrons. The molecular formula is C28H28F3NO3. The van der Waals surface area contributed by atoms with Crippen LogP contribution < -0.4 is 9.47 Å². The maximum Gasteiger partial charge on any atom is 0.416 e. The van der Waals surface area contributed by atoms with Crippen LogP contribution >= 0.6 is 0 Å². The van der Waals surface area contributed by atoms with Crippen molar-refractivity contribution in [3.8, 4) is 11.5 Å². The van der Waals surface area contributed by atoms with Gasteiger partial charge in [0.05, 0.1) is 11.5 Å². The van der Waals surface area contributed by atoms with E-state index in [1.165, 1.54) is 25.0 Å². The Morgan fingerprint density at radius 3 is 2.23 bits per heavy atom. The molecule has 3 unspecified atom stereocenters. The van der Waals surface area contributed by atoms with Crippen LogP contribution in [0.4, 0.5) is 13.2 Å². The largest absolute Gasteiger partial charge is 0.492 e. The minimum Gasteiger partial charge on any atom is -0.492 e. The van der Waals surface area contributed by atoms with Gasteiger partial charge in [0.1, 0.15) is 18.1 Å². The van der Waals surface area contributed by atoms with Gasteiger partial charge >= 0.3 is 6.18 Å². The fourth-order valence-corrected chi connectivity index (χ4v) is 5.11. The number of para-hydroxylation sites is 1. The van der Waals surface area contributed by atoms with Crippen LogP contribution in [0, 0.1) is 0 Å². The number of benzene rings is 3. The highest BCUT2D eigenvalue weighted by Crippen LogP contribution is 2.48. The zero-order valence-corrected chi connectivity index (χ0v) is 19.2. The van der Waals surface area contributed by atoms with E-state index in [0.29, 0.717) is 17.9 Å². The van der Waals surface area contributed by atoms with Gasteiger partial charge in [-0.1, -0.05) is 42.5 Å². The van der Waals surface area contributed by atoms with Gasteiger partial charge in [0.2, 0.25) is 6.29 Å². The normalized spacial score (nSPS) is 22.5. The molecule has 35 heavy (non-hydrogen) atoms. The average molecular weight is 484 g/mol. The number of likely N-dealkylation sites (tertiary alicyclic amines) is 1. The molecule has 2 aliphatic rings. The lowest BCUT2D eigenvalue weighted by atomic mass is 9.75. The fourth-order valence-electron chi connectivity index (χ4n) is 5.11. The van der Waals surface area contributed by atoms with E-state index in [1.54, 1.807) is 6.07 Å². The Bertz CT molecular complexity index is 1130. The topological polar surface area (TPSA) is 41.9 Å². The highest BCUT2D eigenvalue weighted by atomic mass is 19.4. The van der Waals surface area contributed by atoms with Crippen LogP contribution in [0.3, 0.4) is 0 Å². The van der Waals surface area contributed by atoms with E-state index < -0.39 is 23.9 Å². The summed E-state index contributed by atoms with van der Waals surface area (Å²) in [7, 11) is 0. The second kappa shape index (κ2) is 9.91. The average Bonchev–Trinajstić information content (AvgIpc) is 3.37. The molecule has 4 nitrogen and oxygen atoms in total. The number of halogens is 3. The van der Waals surface area contributed by atoms with Gasteiger partial charge in [0.15, 0.2) is 0 Å². The number of ether oxygens (including phenoxy) is 2. The lowest BCUT2D eigenvalue weighted by molar-refractivity contribution is -0.137. The molecule has 184 valence electrons. The quantitative estimate of drug-likeness (QED) is 0.481.